The summed E-state index contributed by atoms with van der Waals surface area (Å²) in [7, 11) is 0. The lowest BCUT2D eigenvalue weighted by molar-refractivity contribution is 0.0986. The molecule has 1 heterocycles. The van der Waals surface area contributed by atoms with Crippen LogP contribution in [0.1, 0.15) is 21.5 Å². The number of carbonyl (C=O) groups is 1. The molecule has 0 aromatic heterocycles. The van der Waals surface area contributed by atoms with E-state index in [-0.39, 0.29) is 5.91 Å². The van der Waals surface area contributed by atoms with E-state index < -0.39 is 5.54 Å². The molecule has 3 aromatic carbocycles. The van der Waals surface area contributed by atoms with Gasteiger partial charge in [0.1, 0.15) is 5.54 Å². The standard InChI is InChI=1S/C26H21NO/c1-3-13-20(4-2)26(21-14-7-5-8-15-21)24-19-12-11-18-23(24)25(28)27(26)22-16-9-6-10-17-22/h3-19H,1-2H2/b20-13+. The normalized spacial score (nSPS) is 18.6. The van der Waals surface area contributed by atoms with E-state index in [1.165, 1.54) is 0 Å². The fourth-order valence-electron chi connectivity index (χ4n) is 4.14. The minimum Gasteiger partial charge on any atom is -0.290 e. The molecule has 1 aliphatic heterocycles. The lowest BCUT2D eigenvalue weighted by Gasteiger charge is -2.41. The largest absolute Gasteiger partial charge is 0.290 e. The number of hydrogen-bond acceptors (Lipinski definition) is 1. The summed E-state index contributed by atoms with van der Waals surface area (Å²) < 4.78 is 0. The molecular formula is C26H21NO. The van der Waals surface area contributed by atoms with Crippen LogP contribution in [-0.4, -0.2) is 5.91 Å². The highest BCUT2D eigenvalue weighted by atomic mass is 16.2. The van der Waals surface area contributed by atoms with Crippen molar-refractivity contribution in [3.8, 4) is 0 Å². The Labute approximate surface area is 165 Å². The van der Waals surface area contributed by atoms with E-state index in [0.29, 0.717) is 5.56 Å². The Morgan fingerprint density at radius 1 is 0.821 bits per heavy atom. The quantitative estimate of drug-likeness (QED) is 0.518. The highest BCUT2D eigenvalue weighted by molar-refractivity contribution is 6.14. The van der Waals surface area contributed by atoms with Gasteiger partial charge in [0.05, 0.1) is 0 Å². The number of nitrogens with zero attached hydrogens (tertiary/aromatic N) is 1. The van der Waals surface area contributed by atoms with Crippen LogP contribution in [0.15, 0.2) is 122 Å². The summed E-state index contributed by atoms with van der Waals surface area (Å²) in [4.78, 5) is 15.5. The van der Waals surface area contributed by atoms with E-state index in [1.807, 2.05) is 89.8 Å². The lowest BCUT2D eigenvalue weighted by Crippen LogP contribution is -2.46. The average Bonchev–Trinajstić information content (AvgIpc) is 3.03. The first-order chi connectivity index (χ1) is 13.7. The summed E-state index contributed by atoms with van der Waals surface area (Å²) >= 11 is 0. The molecule has 4 rings (SSSR count). The Kier molecular flexibility index (Phi) is 4.54. The molecule has 136 valence electrons. The van der Waals surface area contributed by atoms with Crippen molar-refractivity contribution in [2.24, 2.45) is 0 Å². The van der Waals surface area contributed by atoms with Crippen LogP contribution in [-0.2, 0) is 5.54 Å². The molecule has 0 saturated heterocycles. The van der Waals surface area contributed by atoms with Crippen molar-refractivity contribution in [2.45, 2.75) is 5.54 Å². The maximum absolute atomic E-state index is 13.6. The summed E-state index contributed by atoms with van der Waals surface area (Å²) in [6.45, 7) is 7.96. The number of fused-ring (bicyclic) bond motifs is 1. The monoisotopic (exact) mass is 363 g/mol. The zero-order valence-electron chi connectivity index (χ0n) is 15.6. The first-order valence-corrected chi connectivity index (χ1v) is 9.25. The molecule has 0 bridgehead atoms. The maximum Gasteiger partial charge on any atom is 0.260 e. The van der Waals surface area contributed by atoms with Crippen LogP contribution < -0.4 is 4.90 Å². The SMILES string of the molecule is C=C/C=C(\C=C)C1(c2ccccc2)c2ccccc2C(=O)N1c1ccccc1. The van der Waals surface area contributed by atoms with E-state index in [4.69, 9.17) is 0 Å². The fraction of sp³-hybridized carbons (Fsp3) is 0.0385. The van der Waals surface area contributed by atoms with Crippen LogP contribution >= 0.6 is 0 Å². The first-order valence-electron chi connectivity index (χ1n) is 9.25. The van der Waals surface area contributed by atoms with Crippen LogP contribution in [0.5, 0.6) is 0 Å². The summed E-state index contributed by atoms with van der Waals surface area (Å²) in [6.07, 6.45) is 5.50. The third-order valence-electron chi connectivity index (χ3n) is 5.23. The van der Waals surface area contributed by atoms with E-state index >= 15 is 0 Å². The van der Waals surface area contributed by atoms with Crippen molar-refractivity contribution in [1.82, 2.24) is 0 Å². The Morgan fingerprint density at radius 3 is 2.07 bits per heavy atom. The van der Waals surface area contributed by atoms with Crippen molar-refractivity contribution < 1.29 is 4.79 Å². The molecule has 3 aromatic rings. The number of para-hydroxylation sites is 1. The third kappa shape index (κ3) is 2.46. The van der Waals surface area contributed by atoms with Crippen LogP contribution in [0.4, 0.5) is 5.69 Å². The Morgan fingerprint density at radius 2 is 1.43 bits per heavy atom. The van der Waals surface area contributed by atoms with Crippen LogP contribution in [0.3, 0.4) is 0 Å². The van der Waals surface area contributed by atoms with E-state index in [0.717, 1.165) is 22.4 Å². The van der Waals surface area contributed by atoms with Crippen molar-refractivity contribution in [1.29, 1.82) is 0 Å². The van der Waals surface area contributed by atoms with E-state index in [1.54, 1.807) is 6.08 Å². The topological polar surface area (TPSA) is 20.3 Å². The molecule has 1 unspecified atom stereocenters. The summed E-state index contributed by atoms with van der Waals surface area (Å²) in [5, 5.41) is 0. The molecule has 28 heavy (non-hydrogen) atoms. The van der Waals surface area contributed by atoms with Gasteiger partial charge in [0.25, 0.3) is 5.91 Å². The maximum atomic E-state index is 13.6. The molecule has 0 spiro atoms. The van der Waals surface area contributed by atoms with Gasteiger partial charge < -0.3 is 0 Å². The molecule has 1 aliphatic rings. The first kappa shape index (κ1) is 17.7. The predicted octanol–water partition coefficient (Wildman–Crippen LogP) is 5.89. The molecular weight excluding hydrogens is 342 g/mol. The Bertz CT molecular complexity index is 1070. The number of benzene rings is 3. The minimum atomic E-state index is -0.813. The summed E-state index contributed by atoms with van der Waals surface area (Å²) in [5.74, 6) is -0.0255. The Hall–Kier alpha value is -3.65. The molecule has 0 radical (unpaired) electrons. The average molecular weight is 363 g/mol. The molecule has 2 nitrogen and oxygen atoms in total. The van der Waals surface area contributed by atoms with Gasteiger partial charge in [-0.1, -0.05) is 98.1 Å². The number of carbonyl (C=O) groups excluding carboxylic acids is 1. The molecule has 0 saturated carbocycles. The van der Waals surface area contributed by atoms with Gasteiger partial charge in [-0.15, -0.1) is 0 Å². The summed E-state index contributed by atoms with van der Waals surface area (Å²) in [6, 6.07) is 27.7. The smallest absolute Gasteiger partial charge is 0.260 e. The van der Waals surface area contributed by atoms with E-state index in [9.17, 15) is 4.79 Å². The lowest BCUT2D eigenvalue weighted by atomic mass is 9.76. The van der Waals surface area contributed by atoms with Crippen molar-refractivity contribution in [2.75, 3.05) is 4.90 Å². The fourth-order valence-corrected chi connectivity index (χ4v) is 4.14. The van der Waals surface area contributed by atoms with Gasteiger partial charge in [0.15, 0.2) is 0 Å². The second-order valence-corrected chi connectivity index (χ2v) is 6.66. The predicted molar refractivity (Wildman–Crippen MR) is 115 cm³/mol. The highest BCUT2D eigenvalue weighted by Crippen LogP contribution is 2.51. The van der Waals surface area contributed by atoms with Gasteiger partial charge in [-0.25, -0.2) is 0 Å². The van der Waals surface area contributed by atoms with Gasteiger partial charge >= 0.3 is 0 Å². The molecule has 1 amide bonds. The highest BCUT2D eigenvalue weighted by Gasteiger charge is 2.53. The van der Waals surface area contributed by atoms with Crippen LogP contribution in [0, 0.1) is 0 Å². The number of hydrogen-bond donors (Lipinski definition) is 0. The van der Waals surface area contributed by atoms with E-state index in [2.05, 4.69) is 25.3 Å². The molecule has 0 aliphatic carbocycles. The van der Waals surface area contributed by atoms with Crippen LogP contribution in [0.25, 0.3) is 0 Å². The van der Waals surface area contributed by atoms with Crippen molar-refractivity contribution >= 4 is 11.6 Å². The number of amides is 1. The van der Waals surface area contributed by atoms with Gasteiger partial charge in [-0.3, -0.25) is 9.69 Å². The zero-order chi connectivity index (χ0) is 19.6. The molecule has 0 fully saturated rings. The van der Waals surface area contributed by atoms with Crippen molar-refractivity contribution in [3.05, 3.63) is 139 Å². The molecule has 1 atom stereocenters. The van der Waals surface area contributed by atoms with Crippen LogP contribution in [0.2, 0.25) is 0 Å². The zero-order valence-corrected chi connectivity index (χ0v) is 15.6. The van der Waals surface area contributed by atoms with Crippen molar-refractivity contribution in [3.63, 3.8) is 0 Å². The summed E-state index contributed by atoms with van der Waals surface area (Å²) in [5.41, 5.74) is 3.58. The van der Waals surface area contributed by atoms with Gasteiger partial charge in [-0.2, -0.15) is 0 Å². The number of rotatable bonds is 5. The third-order valence-corrected chi connectivity index (χ3v) is 5.23. The van der Waals surface area contributed by atoms with Gasteiger partial charge in [0, 0.05) is 11.3 Å². The number of anilines is 1. The second kappa shape index (κ2) is 7.16. The minimum absolute atomic E-state index is 0.0255. The van der Waals surface area contributed by atoms with Gasteiger partial charge in [-0.05, 0) is 34.9 Å². The second-order valence-electron chi connectivity index (χ2n) is 6.66. The van der Waals surface area contributed by atoms with Gasteiger partial charge in [0.2, 0.25) is 0 Å². The molecule has 0 N–H and O–H groups in total. The number of allylic oxidation sites excluding steroid dienone is 2. The molecule has 2 heteroatoms. The Balaban J connectivity index is 2.16.